The first-order valence-corrected chi connectivity index (χ1v) is 5.73. The number of nitrogens with one attached hydrogen (secondary N) is 3. The molecule has 4 nitrogen and oxygen atoms in total. The fraction of sp³-hybridized carbons (Fsp3) is 0.308. The van der Waals surface area contributed by atoms with Crippen LogP contribution >= 0.6 is 12.4 Å². The van der Waals surface area contributed by atoms with Gasteiger partial charge in [-0.1, -0.05) is 6.92 Å². The number of aromatic amines is 1. The molecule has 1 amide bonds. The van der Waals surface area contributed by atoms with Gasteiger partial charge in [0.2, 0.25) is 5.91 Å². The fourth-order valence-corrected chi connectivity index (χ4v) is 1.80. The van der Waals surface area contributed by atoms with Crippen LogP contribution in [0.3, 0.4) is 0 Å². The number of carbonyl (C=O) groups excluding carboxylic acids is 1. The Morgan fingerprint density at radius 2 is 2.17 bits per heavy atom. The highest BCUT2D eigenvalue weighted by Gasteiger charge is 2.11. The molecule has 2 aromatic rings. The summed E-state index contributed by atoms with van der Waals surface area (Å²) in [5.41, 5.74) is 1.91. The molecule has 0 fully saturated rings. The van der Waals surface area contributed by atoms with Gasteiger partial charge < -0.3 is 15.6 Å². The summed E-state index contributed by atoms with van der Waals surface area (Å²) in [4.78, 5) is 14.9. The Hall–Kier alpha value is -1.52. The zero-order valence-corrected chi connectivity index (χ0v) is 11.3. The van der Waals surface area contributed by atoms with E-state index in [1.165, 1.54) is 0 Å². The lowest BCUT2D eigenvalue weighted by Crippen LogP contribution is -2.28. The normalized spacial score (nSPS) is 11.9. The Balaban J connectivity index is 0.00000162. The summed E-state index contributed by atoms with van der Waals surface area (Å²) in [7, 11) is 1.84. The maximum atomic E-state index is 11.8. The molecule has 98 valence electrons. The van der Waals surface area contributed by atoms with E-state index in [1.807, 2.05) is 44.4 Å². The average molecular weight is 268 g/mol. The van der Waals surface area contributed by atoms with Gasteiger partial charge in [0.15, 0.2) is 0 Å². The molecular formula is C13H18ClN3O. The molecule has 0 bridgehead atoms. The van der Waals surface area contributed by atoms with Crippen LogP contribution in [0.2, 0.25) is 0 Å². The van der Waals surface area contributed by atoms with E-state index in [4.69, 9.17) is 0 Å². The van der Waals surface area contributed by atoms with Crippen LogP contribution in [-0.4, -0.2) is 24.5 Å². The van der Waals surface area contributed by atoms with Crippen LogP contribution in [0.4, 0.5) is 5.69 Å². The van der Waals surface area contributed by atoms with Crippen molar-refractivity contribution in [1.82, 2.24) is 10.3 Å². The van der Waals surface area contributed by atoms with Crippen LogP contribution in [0, 0.1) is 5.92 Å². The zero-order valence-electron chi connectivity index (χ0n) is 10.5. The second kappa shape index (κ2) is 6.42. The number of carbonyl (C=O) groups is 1. The molecule has 1 heterocycles. The van der Waals surface area contributed by atoms with Crippen molar-refractivity contribution < 1.29 is 4.79 Å². The van der Waals surface area contributed by atoms with E-state index in [2.05, 4.69) is 15.6 Å². The van der Waals surface area contributed by atoms with E-state index in [0.29, 0.717) is 6.54 Å². The van der Waals surface area contributed by atoms with Crippen LogP contribution in [0.1, 0.15) is 6.92 Å². The molecule has 0 spiro atoms. The van der Waals surface area contributed by atoms with Crippen molar-refractivity contribution in [1.29, 1.82) is 0 Å². The van der Waals surface area contributed by atoms with Crippen LogP contribution in [0.5, 0.6) is 0 Å². The first-order valence-electron chi connectivity index (χ1n) is 5.73. The van der Waals surface area contributed by atoms with E-state index in [9.17, 15) is 4.79 Å². The van der Waals surface area contributed by atoms with Gasteiger partial charge in [-0.25, -0.2) is 0 Å². The number of benzene rings is 1. The molecule has 0 saturated carbocycles. The highest BCUT2D eigenvalue weighted by atomic mass is 35.5. The van der Waals surface area contributed by atoms with Crippen molar-refractivity contribution >= 4 is 34.9 Å². The predicted molar refractivity (Wildman–Crippen MR) is 77.3 cm³/mol. The summed E-state index contributed by atoms with van der Waals surface area (Å²) in [6.45, 7) is 2.58. The zero-order chi connectivity index (χ0) is 12.3. The fourth-order valence-electron chi connectivity index (χ4n) is 1.80. The number of fused-ring (bicyclic) bond motifs is 1. The molecule has 0 radical (unpaired) electrons. The quantitative estimate of drug-likeness (QED) is 0.797. The van der Waals surface area contributed by atoms with E-state index < -0.39 is 0 Å². The average Bonchev–Trinajstić information content (AvgIpc) is 2.76. The van der Waals surface area contributed by atoms with Gasteiger partial charge in [-0.3, -0.25) is 4.79 Å². The summed E-state index contributed by atoms with van der Waals surface area (Å²) < 4.78 is 0. The minimum Gasteiger partial charge on any atom is -0.361 e. The van der Waals surface area contributed by atoms with Gasteiger partial charge in [0.25, 0.3) is 0 Å². The first-order chi connectivity index (χ1) is 8.20. The minimum absolute atomic E-state index is 0. The molecular weight excluding hydrogens is 250 g/mol. The monoisotopic (exact) mass is 267 g/mol. The van der Waals surface area contributed by atoms with Crippen molar-refractivity contribution in [3.8, 4) is 0 Å². The summed E-state index contributed by atoms with van der Waals surface area (Å²) in [5.74, 6) is -0.00356. The van der Waals surface area contributed by atoms with Crippen molar-refractivity contribution in [2.45, 2.75) is 6.92 Å². The molecule has 2 rings (SSSR count). The van der Waals surface area contributed by atoms with Gasteiger partial charge in [0.05, 0.1) is 0 Å². The number of hydrogen-bond donors (Lipinski definition) is 3. The van der Waals surface area contributed by atoms with Crippen LogP contribution < -0.4 is 10.6 Å². The topological polar surface area (TPSA) is 56.9 Å². The molecule has 1 atom stereocenters. The summed E-state index contributed by atoms with van der Waals surface area (Å²) in [6, 6.07) is 7.83. The maximum absolute atomic E-state index is 11.8. The standard InChI is InChI=1S/C13H17N3O.ClH/c1-9(8-14-2)13(17)16-11-3-4-12-10(7-11)5-6-15-12;/h3-7,9,14-15H,8H2,1-2H3,(H,16,17);1H. The van der Waals surface area contributed by atoms with E-state index in [1.54, 1.807) is 0 Å². The van der Waals surface area contributed by atoms with Gasteiger partial charge in [-0.05, 0) is 31.3 Å². The van der Waals surface area contributed by atoms with Gasteiger partial charge >= 0.3 is 0 Å². The Morgan fingerprint density at radius 1 is 1.39 bits per heavy atom. The van der Waals surface area contributed by atoms with Crippen LogP contribution in [0.25, 0.3) is 10.9 Å². The van der Waals surface area contributed by atoms with Crippen LogP contribution in [-0.2, 0) is 4.79 Å². The minimum atomic E-state index is -0.0399. The summed E-state index contributed by atoms with van der Waals surface area (Å²) >= 11 is 0. The Kier molecular flexibility index (Phi) is 5.19. The summed E-state index contributed by atoms with van der Waals surface area (Å²) in [5, 5.41) is 7.01. The largest absolute Gasteiger partial charge is 0.361 e. The first kappa shape index (κ1) is 14.5. The lowest BCUT2D eigenvalue weighted by molar-refractivity contribution is -0.119. The van der Waals surface area contributed by atoms with Gasteiger partial charge in [0, 0.05) is 35.2 Å². The highest BCUT2D eigenvalue weighted by molar-refractivity contribution is 5.95. The van der Waals surface area contributed by atoms with Crippen LogP contribution in [0.15, 0.2) is 30.5 Å². The molecule has 0 aliphatic heterocycles. The molecule has 1 aromatic heterocycles. The Bertz CT molecular complexity index is 524. The number of hydrogen-bond acceptors (Lipinski definition) is 2. The van der Waals surface area contributed by atoms with E-state index in [-0.39, 0.29) is 24.2 Å². The Labute approximate surface area is 113 Å². The third-order valence-electron chi connectivity index (χ3n) is 2.78. The van der Waals surface area contributed by atoms with Crippen molar-refractivity contribution in [2.75, 3.05) is 18.9 Å². The van der Waals surface area contributed by atoms with E-state index in [0.717, 1.165) is 16.6 Å². The molecule has 0 saturated heterocycles. The molecule has 1 unspecified atom stereocenters. The molecule has 0 aliphatic carbocycles. The third kappa shape index (κ3) is 3.24. The van der Waals surface area contributed by atoms with Crippen molar-refractivity contribution in [3.05, 3.63) is 30.5 Å². The number of amides is 1. The number of rotatable bonds is 4. The maximum Gasteiger partial charge on any atom is 0.228 e. The van der Waals surface area contributed by atoms with Gasteiger partial charge in [0.1, 0.15) is 0 Å². The van der Waals surface area contributed by atoms with Gasteiger partial charge in [-0.2, -0.15) is 0 Å². The number of aromatic nitrogens is 1. The predicted octanol–water partition coefficient (Wildman–Crippen LogP) is 2.38. The van der Waals surface area contributed by atoms with Crippen molar-refractivity contribution in [3.63, 3.8) is 0 Å². The lowest BCUT2D eigenvalue weighted by atomic mass is 10.1. The number of halogens is 1. The Morgan fingerprint density at radius 3 is 2.89 bits per heavy atom. The molecule has 1 aromatic carbocycles. The summed E-state index contributed by atoms with van der Waals surface area (Å²) in [6.07, 6.45) is 1.89. The smallest absolute Gasteiger partial charge is 0.228 e. The second-order valence-electron chi connectivity index (χ2n) is 4.23. The lowest BCUT2D eigenvalue weighted by Gasteiger charge is -2.11. The molecule has 3 N–H and O–H groups in total. The second-order valence-corrected chi connectivity index (χ2v) is 4.23. The molecule has 5 heteroatoms. The van der Waals surface area contributed by atoms with Crippen molar-refractivity contribution in [2.24, 2.45) is 5.92 Å². The number of anilines is 1. The SMILES string of the molecule is CNCC(C)C(=O)Nc1ccc2[nH]ccc2c1.Cl. The number of H-pyrrole nitrogens is 1. The van der Waals surface area contributed by atoms with Gasteiger partial charge in [-0.15, -0.1) is 12.4 Å². The third-order valence-corrected chi connectivity index (χ3v) is 2.78. The van der Waals surface area contributed by atoms with E-state index >= 15 is 0 Å². The highest BCUT2D eigenvalue weighted by Crippen LogP contribution is 2.18. The molecule has 18 heavy (non-hydrogen) atoms. The molecule has 0 aliphatic rings.